The number of nitrogens with one attached hydrogen (secondary N) is 8. The fourth-order valence-electron chi connectivity index (χ4n) is 6.47. The fraction of sp³-hybridized carbons (Fsp3) is 0.465. The van der Waals surface area contributed by atoms with E-state index in [4.69, 9.17) is 11.1 Å². The first-order chi connectivity index (χ1) is 31.4. The van der Waals surface area contributed by atoms with Crippen LogP contribution in [-0.2, 0) is 51.2 Å². The van der Waals surface area contributed by atoms with Gasteiger partial charge in [0.2, 0.25) is 35.4 Å². The zero-order chi connectivity index (χ0) is 48.8. The monoisotopic (exact) mass is 924 g/mol. The number of amides is 8. The molecule has 23 heteroatoms. The van der Waals surface area contributed by atoms with Gasteiger partial charge in [0.1, 0.15) is 41.7 Å². The van der Waals surface area contributed by atoms with Crippen LogP contribution in [0, 0.1) is 5.41 Å². The lowest BCUT2D eigenvalue weighted by Gasteiger charge is -2.27. The lowest BCUT2D eigenvalue weighted by Crippen LogP contribution is -2.61. The molecule has 0 aliphatic carbocycles. The summed E-state index contributed by atoms with van der Waals surface area (Å²) in [7, 11) is 0. The second-order valence-electron chi connectivity index (χ2n) is 15.5. The van der Waals surface area contributed by atoms with Crippen molar-refractivity contribution < 1.29 is 63.9 Å². The van der Waals surface area contributed by atoms with Gasteiger partial charge in [0.15, 0.2) is 5.96 Å². The third kappa shape index (κ3) is 18.2. The highest BCUT2D eigenvalue weighted by atomic mass is 16.3. The lowest BCUT2D eigenvalue weighted by molar-refractivity contribution is -0.137. The van der Waals surface area contributed by atoms with Gasteiger partial charge >= 0.3 is 0 Å². The van der Waals surface area contributed by atoms with Gasteiger partial charge in [0, 0.05) is 50.5 Å². The number of hydrogen-bond donors (Lipinski definition) is 14. The molecule has 0 radical (unpaired) electrons. The van der Waals surface area contributed by atoms with Crippen LogP contribution in [0.1, 0.15) is 56.6 Å². The molecule has 2 aromatic rings. The van der Waals surface area contributed by atoms with E-state index in [-0.39, 0.29) is 62.7 Å². The molecule has 1 aliphatic rings. The number of guanidine groups is 1. The molecular formula is C43H60N10O13. The molecule has 360 valence electrons. The average molecular weight is 925 g/mol. The van der Waals surface area contributed by atoms with Gasteiger partial charge < -0.3 is 68.5 Å². The quantitative estimate of drug-likeness (QED) is 0.0171. The van der Waals surface area contributed by atoms with Gasteiger partial charge in [-0.3, -0.25) is 48.7 Å². The molecule has 3 rings (SSSR count). The summed E-state index contributed by atoms with van der Waals surface area (Å²) in [5.41, 5.74) is 6.32. The van der Waals surface area contributed by atoms with E-state index in [9.17, 15) is 63.9 Å². The second kappa shape index (κ2) is 27.3. The first kappa shape index (κ1) is 53.2. The second-order valence-corrected chi connectivity index (χ2v) is 15.5. The number of unbranched alkanes of at least 4 members (excludes halogenated alkanes) is 2. The van der Waals surface area contributed by atoms with Crippen molar-refractivity contribution in [3.63, 3.8) is 0 Å². The van der Waals surface area contributed by atoms with Crippen molar-refractivity contribution in [1.29, 1.82) is 5.41 Å². The maximum absolute atomic E-state index is 13.9. The molecule has 1 heterocycles. The smallest absolute Gasteiger partial charge is 0.253 e. The molecule has 0 fully saturated rings. The van der Waals surface area contributed by atoms with Gasteiger partial charge in [0.25, 0.3) is 11.8 Å². The van der Waals surface area contributed by atoms with E-state index < -0.39 is 103 Å². The molecule has 0 saturated carbocycles. The highest BCUT2D eigenvalue weighted by Crippen LogP contribution is 2.15. The van der Waals surface area contributed by atoms with E-state index in [1.165, 1.54) is 67.6 Å². The van der Waals surface area contributed by atoms with Gasteiger partial charge in [-0.25, -0.2) is 0 Å². The largest absolute Gasteiger partial charge is 0.508 e. The minimum Gasteiger partial charge on any atom is -0.508 e. The number of carbonyl (C=O) groups is 8. The Bertz CT molecular complexity index is 2020. The minimum absolute atomic E-state index is 0.00608. The first-order valence-electron chi connectivity index (χ1n) is 21.3. The summed E-state index contributed by atoms with van der Waals surface area (Å²) >= 11 is 0. The molecular weight excluding hydrogens is 865 g/mol. The molecule has 1 aliphatic heterocycles. The maximum Gasteiger partial charge on any atom is 0.253 e. The van der Waals surface area contributed by atoms with E-state index in [1.54, 1.807) is 0 Å². The molecule has 0 spiro atoms. The van der Waals surface area contributed by atoms with Crippen LogP contribution in [0.4, 0.5) is 0 Å². The first-order valence-corrected chi connectivity index (χ1v) is 21.3. The van der Waals surface area contributed by atoms with Gasteiger partial charge in [-0.15, -0.1) is 0 Å². The number of aliphatic hydroxyl groups excluding tert-OH is 3. The third-order valence-electron chi connectivity index (χ3n) is 10.1. The summed E-state index contributed by atoms with van der Waals surface area (Å²) in [6.45, 7) is -0.567. The zero-order valence-electron chi connectivity index (χ0n) is 36.5. The number of nitrogens with two attached hydrogens (primary N) is 1. The predicted octanol–water partition coefficient (Wildman–Crippen LogP) is -3.46. The maximum atomic E-state index is 13.9. The van der Waals surface area contributed by atoms with Crippen LogP contribution in [-0.4, -0.2) is 153 Å². The van der Waals surface area contributed by atoms with Crippen LogP contribution < -0.4 is 43.0 Å². The van der Waals surface area contributed by atoms with Gasteiger partial charge in [-0.2, -0.15) is 0 Å². The SMILES string of the molecule is CC(CO)NC(=O)C(Cc1ccc(O)cc1)NC(=O)C(Cc1ccc(O)cc1)NC(=O)C(CO)NC(=O)C(CO)NC(=O)C(CCCNC(=N)N)NC(=O)CCCCCN1C(=O)C=CC1=O. The van der Waals surface area contributed by atoms with Gasteiger partial charge in [0.05, 0.1) is 19.8 Å². The molecule has 66 heavy (non-hydrogen) atoms. The molecule has 15 N–H and O–H groups in total. The topological polar surface area (TPSA) is 375 Å². The third-order valence-corrected chi connectivity index (χ3v) is 10.1. The van der Waals surface area contributed by atoms with E-state index in [2.05, 4.69) is 37.2 Å². The van der Waals surface area contributed by atoms with Crippen molar-refractivity contribution in [2.75, 3.05) is 32.9 Å². The molecule has 6 unspecified atom stereocenters. The van der Waals surface area contributed by atoms with E-state index >= 15 is 0 Å². The molecule has 8 amide bonds. The number of imide groups is 1. The van der Waals surface area contributed by atoms with Crippen LogP contribution in [0.25, 0.3) is 0 Å². The Labute approximate surface area is 380 Å². The Morgan fingerprint density at radius 1 is 0.591 bits per heavy atom. The molecule has 23 nitrogen and oxygen atoms in total. The highest BCUT2D eigenvalue weighted by Gasteiger charge is 2.33. The number of aromatic hydroxyl groups is 2. The number of carbonyl (C=O) groups excluding carboxylic acids is 8. The normalized spacial score (nSPS) is 14.8. The lowest BCUT2D eigenvalue weighted by atomic mass is 10.0. The van der Waals surface area contributed by atoms with Crippen LogP contribution in [0.15, 0.2) is 60.7 Å². The molecule has 0 saturated heterocycles. The van der Waals surface area contributed by atoms with Gasteiger partial charge in [-0.05, 0) is 68.0 Å². The predicted molar refractivity (Wildman–Crippen MR) is 236 cm³/mol. The number of phenols is 2. The Balaban J connectivity index is 1.71. The number of benzene rings is 2. The number of aliphatic hydroxyl groups is 3. The number of phenolic OH excluding ortho intramolecular Hbond substituents is 2. The van der Waals surface area contributed by atoms with E-state index in [0.29, 0.717) is 30.4 Å². The summed E-state index contributed by atoms with van der Waals surface area (Å²) in [5.74, 6) is -6.49. The zero-order valence-corrected chi connectivity index (χ0v) is 36.5. The Kier molecular flexibility index (Phi) is 22.0. The van der Waals surface area contributed by atoms with Crippen molar-refractivity contribution in [3.8, 4) is 11.5 Å². The van der Waals surface area contributed by atoms with Crippen LogP contribution >= 0.6 is 0 Å². The number of hydrogen-bond acceptors (Lipinski definition) is 14. The summed E-state index contributed by atoms with van der Waals surface area (Å²) < 4.78 is 0. The van der Waals surface area contributed by atoms with Gasteiger partial charge in [-0.1, -0.05) is 30.7 Å². The standard InChI is InChI=1S/C43H60N10O13/c1-25(22-54)47-39(63)31(20-26-8-12-28(57)13-9-26)49-40(64)32(21-27-10-14-29(58)15-11-27)50-41(65)33(23-55)52-42(66)34(24-56)51-38(62)30(6-5-18-46-43(44)45)48-35(59)7-3-2-4-19-53-36(60)16-17-37(53)61/h8-17,25,30-34,54-58H,2-7,18-24H2,1H3,(H,47,63)(H,48,59)(H,49,64)(H,50,65)(H,51,62)(H,52,66)(H4,44,45,46). The molecule has 0 bridgehead atoms. The average Bonchev–Trinajstić information content (AvgIpc) is 3.61. The van der Waals surface area contributed by atoms with E-state index in [0.717, 1.165) is 4.90 Å². The van der Waals surface area contributed by atoms with Crippen molar-refractivity contribution in [2.45, 2.75) is 94.5 Å². The van der Waals surface area contributed by atoms with Crippen molar-refractivity contribution in [3.05, 3.63) is 71.8 Å². The molecule has 0 aromatic heterocycles. The summed E-state index contributed by atoms with van der Waals surface area (Å²) in [4.78, 5) is 105. The summed E-state index contributed by atoms with van der Waals surface area (Å²) in [6, 6.07) is 3.32. The van der Waals surface area contributed by atoms with Crippen molar-refractivity contribution >= 4 is 53.2 Å². The number of nitrogens with zero attached hydrogens (tertiary/aromatic N) is 1. The highest BCUT2D eigenvalue weighted by molar-refractivity contribution is 6.12. The molecule has 6 atom stereocenters. The van der Waals surface area contributed by atoms with Crippen LogP contribution in [0.2, 0.25) is 0 Å². The number of rotatable bonds is 28. The van der Waals surface area contributed by atoms with Crippen molar-refractivity contribution in [1.82, 2.24) is 42.1 Å². The Hall–Kier alpha value is -7.11. The Morgan fingerprint density at radius 3 is 1.48 bits per heavy atom. The van der Waals surface area contributed by atoms with Crippen LogP contribution in [0.3, 0.4) is 0 Å². The fourth-order valence-corrected chi connectivity index (χ4v) is 6.47. The van der Waals surface area contributed by atoms with Crippen molar-refractivity contribution in [2.24, 2.45) is 5.73 Å². The van der Waals surface area contributed by atoms with Crippen LogP contribution in [0.5, 0.6) is 11.5 Å². The Morgan fingerprint density at radius 2 is 1.03 bits per heavy atom. The minimum atomic E-state index is -1.76. The van der Waals surface area contributed by atoms with E-state index in [1.807, 2.05) is 0 Å². The summed E-state index contributed by atoms with van der Waals surface area (Å²) in [6.07, 6.45) is 3.49. The summed E-state index contributed by atoms with van der Waals surface area (Å²) in [5, 5.41) is 74.2. The molecule has 2 aromatic carbocycles.